The van der Waals surface area contributed by atoms with E-state index >= 15 is 0 Å². The van der Waals surface area contributed by atoms with Gasteiger partial charge in [-0.05, 0) is 38.4 Å². The Morgan fingerprint density at radius 3 is 1.67 bits per heavy atom. The highest BCUT2D eigenvalue weighted by atomic mass is 16.5. The van der Waals surface area contributed by atoms with Gasteiger partial charge in [-0.15, -0.1) is 0 Å². The molecule has 234 valence electrons. The van der Waals surface area contributed by atoms with Crippen LogP contribution in [0.4, 0.5) is 0 Å². The van der Waals surface area contributed by atoms with Crippen LogP contribution in [0.3, 0.4) is 0 Å². The maximum absolute atomic E-state index is 11.3. The molecule has 2 aromatic rings. The summed E-state index contributed by atoms with van der Waals surface area (Å²) in [7, 11) is 0. The van der Waals surface area contributed by atoms with E-state index in [4.69, 9.17) is 4.74 Å². The van der Waals surface area contributed by atoms with Crippen LogP contribution in [0.25, 0.3) is 0 Å². The van der Waals surface area contributed by atoms with E-state index in [9.17, 15) is 5.11 Å². The van der Waals surface area contributed by atoms with Gasteiger partial charge in [-0.1, -0.05) is 107 Å². The SMILES string of the molecule is CC(C)(C)c1cc(CN2CCN(CCN3COc4c(cc(C(C)(C)C)cc4C(C)(C)C)C3)CC2)c(O)c(C(C)(C)C)c1. The highest BCUT2D eigenvalue weighted by Crippen LogP contribution is 2.41. The first-order valence-electron chi connectivity index (χ1n) is 16.1. The quantitative estimate of drug-likeness (QED) is 0.397. The van der Waals surface area contributed by atoms with Crippen molar-refractivity contribution in [2.24, 2.45) is 0 Å². The van der Waals surface area contributed by atoms with Crippen molar-refractivity contribution >= 4 is 0 Å². The molecule has 0 bridgehead atoms. The second kappa shape index (κ2) is 11.8. The maximum atomic E-state index is 11.3. The monoisotopic (exact) mass is 577 g/mol. The molecule has 4 rings (SSSR count). The number of piperazine rings is 1. The van der Waals surface area contributed by atoms with E-state index in [0.717, 1.165) is 69.2 Å². The van der Waals surface area contributed by atoms with Crippen LogP contribution >= 0.6 is 0 Å². The van der Waals surface area contributed by atoms with Crippen LogP contribution < -0.4 is 4.74 Å². The van der Waals surface area contributed by atoms with Crippen LogP contribution in [-0.4, -0.2) is 65.8 Å². The third-order valence-electron chi connectivity index (χ3n) is 9.08. The van der Waals surface area contributed by atoms with Crippen molar-refractivity contribution < 1.29 is 9.84 Å². The smallest absolute Gasteiger partial charge is 0.142 e. The van der Waals surface area contributed by atoms with E-state index in [1.165, 1.54) is 22.3 Å². The maximum Gasteiger partial charge on any atom is 0.142 e. The zero-order valence-electron chi connectivity index (χ0n) is 28.9. The van der Waals surface area contributed by atoms with Gasteiger partial charge in [-0.2, -0.15) is 0 Å². The fourth-order valence-corrected chi connectivity index (χ4v) is 6.07. The molecule has 1 fully saturated rings. The third kappa shape index (κ3) is 7.70. The van der Waals surface area contributed by atoms with Crippen molar-refractivity contribution in [3.05, 3.63) is 57.6 Å². The largest absolute Gasteiger partial charge is 0.507 e. The molecule has 0 spiro atoms. The number of hydrogen-bond donors (Lipinski definition) is 1. The normalized spacial score (nSPS) is 18.2. The lowest BCUT2D eigenvalue weighted by atomic mass is 9.78. The van der Waals surface area contributed by atoms with Crippen molar-refractivity contribution in [3.8, 4) is 11.5 Å². The zero-order chi connectivity index (χ0) is 31.3. The van der Waals surface area contributed by atoms with Gasteiger partial charge in [0.15, 0.2) is 0 Å². The van der Waals surface area contributed by atoms with Crippen LogP contribution in [0.2, 0.25) is 0 Å². The van der Waals surface area contributed by atoms with Gasteiger partial charge in [0.05, 0.1) is 0 Å². The molecule has 0 radical (unpaired) electrons. The fourth-order valence-electron chi connectivity index (χ4n) is 6.07. The van der Waals surface area contributed by atoms with Gasteiger partial charge < -0.3 is 9.84 Å². The molecule has 0 aliphatic carbocycles. The van der Waals surface area contributed by atoms with E-state index in [-0.39, 0.29) is 21.7 Å². The molecule has 5 nitrogen and oxygen atoms in total. The van der Waals surface area contributed by atoms with Gasteiger partial charge in [0.1, 0.15) is 18.2 Å². The molecule has 0 atom stereocenters. The Balaban J connectivity index is 1.37. The van der Waals surface area contributed by atoms with Gasteiger partial charge in [0.2, 0.25) is 0 Å². The van der Waals surface area contributed by atoms with E-state index in [0.29, 0.717) is 12.5 Å². The molecule has 2 aromatic carbocycles. The molecular formula is C37H59N3O2. The van der Waals surface area contributed by atoms with Crippen molar-refractivity contribution in [2.75, 3.05) is 46.0 Å². The molecule has 0 amide bonds. The second-order valence-corrected chi connectivity index (χ2v) is 17.0. The first-order valence-corrected chi connectivity index (χ1v) is 16.1. The number of nitrogens with zero attached hydrogens (tertiary/aromatic N) is 3. The predicted octanol–water partition coefficient (Wildman–Crippen LogP) is 7.55. The standard InChI is InChI=1S/C37H59N3O2/c1-34(2,3)28-19-26(32(41)30(21-28)36(7,8)9)23-39-16-13-38(14-17-39)15-18-40-24-27-20-29(35(4,5)6)22-31(37(10,11)12)33(27)42-25-40/h19-22,41H,13-18,23-25H2,1-12H3. The summed E-state index contributed by atoms with van der Waals surface area (Å²) in [5.41, 5.74) is 7.57. The first kappa shape index (κ1) is 32.8. The summed E-state index contributed by atoms with van der Waals surface area (Å²) in [6.07, 6.45) is 0. The lowest BCUT2D eigenvalue weighted by molar-refractivity contribution is 0.0669. The van der Waals surface area contributed by atoms with Crippen molar-refractivity contribution in [1.82, 2.24) is 14.7 Å². The number of fused-ring (bicyclic) bond motifs is 1. The van der Waals surface area contributed by atoms with Crippen LogP contribution in [-0.2, 0) is 34.7 Å². The van der Waals surface area contributed by atoms with Crippen LogP contribution in [0.1, 0.15) is 116 Å². The van der Waals surface area contributed by atoms with Crippen LogP contribution in [0.15, 0.2) is 24.3 Å². The summed E-state index contributed by atoms with van der Waals surface area (Å²) in [6.45, 7) is 35.7. The predicted molar refractivity (Wildman–Crippen MR) is 177 cm³/mol. The Hall–Kier alpha value is -2.08. The van der Waals surface area contributed by atoms with Crippen molar-refractivity contribution in [2.45, 2.75) is 118 Å². The Morgan fingerprint density at radius 2 is 1.12 bits per heavy atom. The molecule has 1 N–H and O–H groups in total. The minimum absolute atomic E-state index is 0.0441. The lowest BCUT2D eigenvalue weighted by Crippen LogP contribution is -2.48. The number of hydrogen-bond acceptors (Lipinski definition) is 5. The van der Waals surface area contributed by atoms with Crippen LogP contribution in [0, 0.1) is 0 Å². The molecule has 2 aliphatic rings. The average molecular weight is 578 g/mol. The molecule has 0 aromatic heterocycles. The third-order valence-corrected chi connectivity index (χ3v) is 9.08. The molecule has 2 heterocycles. The number of phenolic OH excluding ortho intramolecular Hbond substituents is 1. The highest BCUT2D eigenvalue weighted by Gasteiger charge is 2.30. The molecule has 1 saturated heterocycles. The topological polar surface area (TPSA) is 39.2 Å². The summed E-state index contributed by atoms with van der Waals surface area (Å²) in [5, 5.41) is 11.3. The van der Waals surface area contributed by atoms with Gasteiger partial charge in [-0.3, -0.25) is 14.7 Å². The van der Waals surface area contributed by atoms with Crippen molar-refractivity contribution in [3.63, 3.8) is 0 Å². The van der Waals surface area contributed by atoms with E-state index in [2.05, 4.69) is 122 Å². The summed E-state index contributed by atoms with van der Waals surface area (Å²) < 4.78 is 6.44. The minimum Gasteiger partial charge on any atom is -0.507 e. The Labute approximate surface area is 257 Å². The van der Waals surface area contributed by atoms with Gasteiger partial charge in [-0.25, -0.2) is 0 Å². The summed E-state index contributed by atoms with van der Waals surface area (Å²) in [4.78, 5) is 7.55. The fraction of sp³-hybridized carbons (Fsp3) is 0.676. The Bertz CT molecular complexity index is 1250. The van der Waals surface area contributed by atoms with Gasteiger partial charge in [0.25, 0.3) is 0 Å². The van der Waals surface area contributed by atoms with E-state index in [1.54, 1.807) is 0 Å². The highest BCUT2D eigenvalue weighted by molar-refractivity contribution is 5.50. The lowest BCUT2D eigenvalue weighted by Gasteiger charge is -2.38. The minimum atomic E-state index is -0.0971. The van der Waals surface area contributed by atoms with Gasteiger partial charge >= 0.3 is 0 Å². The molecular weight excluding hydrogens is 518 g/mol. The number of ether oxygens (including phenoxy) is 1. The summed E-state index contributed by atoms with van der Waals surface area (Å²) in [6, 6.07) is 9.20. The number of phenols is 1. The molecule has 0 saturated carbocycles. The summed E-state index contributed by atoms with van der Waals surface area (Å²) in [5.74, 6) is 1.58. The number of rotatable bonds is 5. The number of benzene rings is 2. The van der Waals surface area contributed by atoms with Crippen molar-refractivity contribution in [1.29, 1.82) is 0 Å². The molecule has 42 heavy (non-hydrogen) atoms. The van der Waals surface area contributed by atoms with Gasteiger partial charge in [0, 0.05) is 69.0 Å². The Kier molecular flexibility index (Phi) is 9.21. The van der Waals surface area contributed by atoms with Crippen LogP contribution in [0.5, 0.6) is 11.5 Å². The average Bonchev–Trinajstić information content (AvgIpc) is 2.86. The zero-order valence-corrected chi connectivity index (χ0v) is 28.9. The molecule has 0 unspecified atom stereocenters. The summed E-state index contributed by atoms with van der Waals surface area (Å²) >= 11 is 0. The van der Waals surface area contributed by atoms with E-state index < -0.39 is 0 Å². The first-order chi connectivity index (χ1) is 19.2. The number of aromatic hydroxyl groups is 1. The van der Waals surface area contributed by atoms with E-state index in [1.807, 2.05) is 0 Å². The Morgan fingerprint density at radius 1 is 0.619 bits per heavy atom. The second-order valence-electron chi connectivity index (χ2n) is 17.0. The molecule has 5 heteroatoms. The molecule has 2 aliphatic heterocycles.